The minimum absolute atomic E-state index is 0.506. The van der Waals surface area contributed by atoms with Gasteiger partial charge in [0.05, 0.1) is 0 Å². The van der Waals surface area contributed by atoms with Crippen LogP contribution in [0.4, 0.5) is 0 Å². The number of hydrogen-bond donors (Lipinski definition) is 1. The molecule has 0 aliphatic rings. The molecule has 0 aliphatic heterocycles. The van der Waals surface area contributed by atoms with E-state index in [2.05, 4.69) is 33.4 Å². The van der Waals surface area contributed by atoms with E-state index in [-0.39, 0.29) is 0 Å². The normalized spacial score (nSPS) is 15.7. The van der Waals surface area contributed by atoms with Gasteiger partial charge in [-0.2, -0.15) is 12.6 Å². The molecule has 1 atom stereocenters. The first-order chi connectivity index (χ1) is 6.18. The fourth-order valence-electron chi connectivity index (χ4n) is 1.87. The van der Waals surface area contributed by atoms with Crippen LogP contribution in [-0.4, -0.2) is 5.75 Å². The van der Waals surface area contributed by atoms with Gasteiger partial charge in [0.1, 0.15) is 0 Å². The SMILES string of the molecule is CCCCCCC(C)(CS)CCC. The van der Waals surface area contributed by atoms with E-state index < -0.39 is 0 Å². The molecule has 0 aromatic heterocycles. The van der Waals surface area contributed by atoms with Crippen LogP contribution in [0.15, 0.2) is 0 Å². The lowest BCUT2D eigenvalue weighted by Crippen LogP contribution is -2.18. The summed E-state index contributed by atoms with van der Waals surface area (Å²) in [6.07, 6.45) is 9.53. The first-order valence-electron chi connectivity index (χ1n) is 5.79. The Morgan fingerprint density at radius 3 is 2.08 bits per heavy atom. The summed E-state index contributed by atoms with van der Waals surface area (Å²) in [5, 5.41) is 0. The summed E-state index contributed by atoms with van der Waals surface area (Å²) in [7, 11) is 0. The fourth-order valence-corrected chi connectivity index (χ4v) is 2.18. The number of thiol groups is 1. The molecule has 0 heterocycles. The van der Waals surface area contributed by atoms with Gasteiger partial charge in [-0.05, 0) is 24.0 Å². The molecular formula is C12H26S. The summed E-state index contributed by atoms with van der Waals surface area (Å²) in [4.78, 5) is 0. The molecule has 0 spiro atoms. The molecular weight excluding hydrogens is 176 g/mol. The molecule has 0 bridgehead atoms. The molecule has 0 saturated heterocycles. The van der Waals surface area contributed by atoms with Crippen molar-refractivity contribution in [3.05, 3.63) is 0 Å². The van der Waals surface area contributed by atoms with Gasteiger partial charge in [0, 0.05) is 0 Å². The Morgan fingerprint density at radius 1 is 0.923 bits per heavy atom. The Hall–Kier alpha value is 0.350. The lowest BCUT2D eigenvalue weighted by molar-refractivity contribution is 0.300. The van der Waals surface area contributed by atoms with Crippen molar-refractivity contribution in [1.82, 2.24) is 0 Å². The largest absolute Gasteiger partial charge is 0.179 e. The first kappa shape index (κ1) is 13.4. The number of hydrogen-bond acceptors (Lipinski definition) is 1. The molecule has 0 rings (SSSR count). The predicted molar refractivity (Wildman–Crippen MR) is 65.6 cm³/mol. The zero-order valence-electron chi connectivity index (χ0n) is 9.60. The predicted octanol–water partition coefficient (Wildman–Crippen LogP) is 4.69. The van der Waals surface area contributed by atoms with Crippen LogP contribution in [0.2, 0.25) is 0 Å². The lowest BCUT2D eigenvalue weighted by Gasteiger charge is -2.27. The van der Waals surface area contributed by atoms with Crippen molar-refractivity contribution in [2.24, 2.45) is 5.41 Å². The average Bonchev–Trinajstić information content (AvgIpc) is 2.13. The summed E-state index contributed by atoms with van der Waals surface area (Å²) in [5.41, 5.74) is 0.506. The maximum Gasteiger partial charge on any atom is -0.00438 e. The van der Waals surface area contributed by atoms with Gasteiger partial charge in [0.25, 0.3) is 0 Å². The highest BCUT2D eigenvalue weighted by atomic mass is 32.1. The van der Waals surface area contributed by atoms with Gasteiger partial charge < -0.3 is 0 Å². The van der Waals surface area contributed by atoms with Gasteiger partial charge in [-0.25, -0.2) is 0 Å². The van der Waals surface area contributed by atoms with Crippen molar-refractivity contribution < 1.29 is 0 Å². The van der Waals surface area contributed by atoms with Crippen molar-refractivity contribution in [3.63, 3.8) is 0 Å². The van der Waals surface area contributed by atoms with Crippen LogP contribution in [0.5, 0.6) is 0 Å². The van der Waals surface area contributed by atoms with E-state index >= 15 is 0 Å². The molecule has 0 amide bonds. The fraction of sp³-hybridized carbons (Fsp3) is 1.00. The highest BCUT2D eigenvalue weighted by molar-refractivity contribution is 7.80. The van der Waals surface area contributed by atoms with Crippen molar-refractivity contribution in [2.45, 2.75) is 65.7 Å². The topological polar surface area (TPSA) is 0 Å². The van der Waals surface area contributed by atoms with Gasteiger partial charge in [-0.15, -0.1) is 0 Å². The Labute approximate surface area is 89.9 Å². The van der Waals surface area contributed by atoms with Crippen molar-refractivity contribution in [3.8, 4) is 0 Å². The zero-order valence-corrected chi connectivity index (χ0v) is 10.5. The summed E-state index contributed by atoms with van der Waals surface area (Å²) in [6, 6.07) is 0. The number of unbranched alkanes of at least 4 members (excludes halogenated alkanes) is 3. The summed E-state index contributed by atoms with van der Waals surface area (Å²) in [5.74, 6) is 1.05. The van der Waals surface area contributed by atoms with E-state index in [1.165, 1.54) is 44.9 Å². The van der Waals surface area contributed by atoms with Crippen LogP contribution in [-0.2, 0) is 0 Å². The van der Waals surface area contributed by atoms with E-state index in [0.29, 0.717) is 5.41 Å². The zero-order chi connectivity index (χ0) is 10.2. The van der Waals surface area contributed by atoms with E-state index in [1.807, 2.05) is 0 Å². The van der Waals surface area contributed by atoms with Crippen LogP contribution < -0.4 is 0 Å². The van der Waals surface area contributed by atoms with Gasteiger partial charge in [-0.1, -0.05) is 52.9 Å². The molecule has 1 unspecified atom stereocenters. The first-order valence-corrected chi connectivity index (χ1v) is 6.42. The quantitative estimate of drug-likeness (QED) is 0.428. The molecule has 0 N–H and O–H groups in total. The van der Waals surface area contributed by atoms with Gasteiger partial charge >= 0.3 is 0 Å². The highest BCUT2D eigenvalue weighted by Crippen LogP contribution is 2.31. The molecule has 1 heteroatoms. The second kappa shape index (κ2) is 7.73. The third-order valence-corrected chi connectivity index (χ3v) is 3.63. The van der Waals surface area contributed by atoms with Crippen molar-refractivity contribution >= 4 is 12.6 Å². The summed E-state index contributed by atoms with van der Waals surface area (Å²) in [6.45, 7) is 6.92. The van der Waals surface area contributed by atoms with Crippen molar-refractivity contribution in [1.29, 1.82) is 0 Å². The van der Waals surface area contributed by atoms with Gasteiger partial charge in [0.15, 0.2) is 0 Å². The van der Waals surface area contributed by atoms with Gasteiger partial charge in [-0.3, -0.25) is 0 Å². The third kappa shape index (κ3) is 6.42. The molecule has 0 fully saturated rings. The molecule has 80 valence electrons. The smallest absolute Gasteiger partial charge is 0.00438 e. The van der Waals surface area contributed by atoms with Crippen LogP contribution in [0, 0.1) is 5.41 Å². The van der Waals surface area contributed by atoms with Crippen molar-refractivity contribution in [2.75, 3.05) is 5.75 Å². The van der Waals surface area contributed by atoms with Crippen LogP contribution in [0.25, 0.3) is 0 Å². The molecule has 0 radical (unpaired) electrons. The van der Waals surface area contributed by atoms with Crippen LogP contribution >= 0.6 is 12.6 Å². The van der Waals surface area contributed by atoms with E-state index in [1.54, 1.807) is 0 Å². The van der Waals surface area contributed by atoms with E-state index in [4.69, 9.17) is 0 Å². The maximum atomic E-state index is 4.46. The molecule has 0 nitrogen and oxygen atoms in total. The molecule has 0 aromatic carbocycles. The molecule has 0 saturated carbocycles. The van der Waals surface area contributed by atoms with Crippen LogP contribution in [0.3, 0.4) is 0 Å². The summed E-state index contributed by atoms with van der Waals surface area (Å²) >= 11 is 4.46. The Balaban J connectivity index is 3.57. The Bertz CT molecular complexity index is 112. The minimum atomic E-state index is 0.506. The standard InChI is InChI=1S/C12H26S/c1-4-6-7-8-10-12(3,11-13)9-5-2/h13H,4-11H2,1-3H3. The Morgan fingerprint density at radius 2 is 1.62 bits per heavy atom. The molecule has 0 aliphatic carbocycles. The minimum Gasteiger partial charge on any atom is -0.179 e. The Kier molecular flexibility index (Phi) is 7.93. The van der Waals surface area contributed by atoms with E-state index in [0.717, 1.165) is 5.75 Å². The second-order valence-corrected chi connectivity index (χ2v) is 4.85. The average molecular weight is 202 g/mol. The summed E-state index contributed by atoms with van der Waals surface area (Å²) < 4.78 is 0. The van der Waals surface area contributed by atoms with E-state index in [9.17, 15) is 0 Å². The third-order valence-electron chi connectivity index (χ3n) is 2.87. The molecule has 0 aromatic rings. The van der Waals surface area contributed by atoms with Crippen LogP contribution in [0.1, 0.15) is 65.7 Å². The lowest BCUT2D eigenvalue weighted by atomic mass is 9.82. The monoisotopic (exact) mass is 202 g/mol. The highest BCUT2D eigenvalue weighted by Gasteiger charge is 2.20. The maximum absolute atomic E-state index is 4.46. The molecule has 13 heavy (non-hydrogen) atoms. The number of rotatable bonds is 8. The van der Waals surface area contributed by atoms with Gasteiger partial charge in [0.2, 0.25) is 0 Å². The second-order valence-electron chi connectivity index (χ2n) is 4.53.